The Balaban J connectivity index is 1.59. The van der Waals surface area contributed by atoms with Crippen LogP contribution in [-0.2, 0) is 4.79 Å². The first kappa shape index (κ1) is 19.1. The Morgan fingerprint density at radius 3 is 2.58 bits per heavy atom. The Labute approximate surface area is 155 Å². The first-order chi connectivity index (χ1) is 12.4. The molecule has 1 aromatic rings. The lowest BCUT2D eigenvalue weighted by Gasteiger charge is -2.45. The van der Waals surface area contributed by atoms with E-state index in [2.05, 4.69) is 10.2 Å². The number of benzene rings is 1. The molecule has 0 aliphatic carbocycles. The van der Waals surface area contributed by atoms with E-state index in [1.54, 1.807) is 19.2 Å². The average Bonchev–Trinajstić information content (AvgIpc) is 2.62. The van der Waals surface area contributed by atoms with Gasteiger partial charge < -0.3 is 15.3 Å². The molecule has 0 spiro atoms. The molecule has 6 heteroatoms. The van der Waals surface area contributed by atoms with Crippen LogP contribution in [0.5, 0.6) is 0 Å². The molecule has 1 atom stereocenters. The number of rotatable bonds is 4. The molecule has 0 radical (unpaired) electrons. The van der Waals surface area contributed by atoms with Crippen molar-refractivity contribution < 1.29 is 14.3 Å². The van der Waals surface area contributed by atoms with Crippen LogP contribution in [0.1, 0.15) is 32.6 Å². The number of hydrogen-bond acceptors (Lipinski definition) is 4. The highest BCUT2D eigenvalue weighted by Gasteiger charge is 2.41. The van der Waals surface area contributed by atoms with Crippen molar-refractivity contribution in [3.05, 3.63) is 30.1 Å². The van der Waals surface area contributed by atoms with Crippen LogP contribution in [0, 0.1) is 11.2 Å². The molecule has 1 aromatic carbocycles. The smallest absolute Gasteiger partial charge is 0.226 e. The van der Waals surface area contributed by atoms with Crippen LogP contribution in [0.15, 0.2) is 24.3 Å². The SMILES string of the molecule is CNC(=O)C1(C)CCCN(CC2(O)CCN(c3ccccc3F)CC2)C1. The summed E-state index contributed by atoms with van der Waals surface area (Å²) >= 11 is 0. The molecule has 2 heterocycles. The summed E-state index contributed by atoms with van der Waals surface area (Å²) in [6.07, 6.45) is 3.05. The van der Waals surface area contributed by atoms with Gasteiger partial charge in [-0.2, -0.15) is 0 Å². The van der Waals surface area contributed by atoms with Crippen LogP contribution in [0.2, 0.25) is 0 Å². The zero-order valence-corrected chi connectivity index (χ0v) is 15.8. The van der Waals surface area contributed by atoms with E-state index in [1.165, 1.54) is 6.07 Å². The van der Waals surface area contributed by atoms with E-state index in [0.29, 0.717) is 44.7 Å². The number of amides is 1. The summed E-state index contributed by atoms with van der Waals surface area (Å²) < 4.78 is 14.0. The number of β-amino-alcohol motifs (C(OH)–C–C–N with tert-alkyl or cyclic N) is 1. The van der Waals surface area contributed by atoms with E-state index in [4.69, 9.17) is 0 Å². The molecule has 2 aliphatic rings. The fourth-order valence-electron chi connectivity index (χ4n) is 4.41. The molecule has 2 fully saturated rings. The van der Waals surface area contributed by atoms with Gasteiger partial charge in [0.2, 0.25) is 5.91 Å². The molecule has 1 amide bonds. The van der Waals surface area contributed by atoms with Crippen LogP contribution >= 0.6 is 0 Å². The third-order valence-corrected chi connectivity index (χ3v) is 5.96. The van der Waals surface area contributed by atoms with Gasteiger partial charge in [0.1, 0.15) is 5.82 Å². The van der Waals surface area contributed by atoms with Crippen molar-refractivity contribution >= 4 is 11.6 Å². The maximum absolute atomic E-state index is 14.0. The highest BCUT2D eigenvalue weighted by Crippen LogP contribution is 2.33. The maximum atomic E-state index is 14.0. The highest BCUT2D eigenvalue weighted by molar-refractivity contribution is 5.82. The molecular weight excluding hydrogens is 333 g/mol. The molecule has 3 rings (SSSR count). The first-order valence-corrected chi connectivity index (χ1v) is 9.52. The summed E-state index contributed by atoms with van der Waals surface area (Å²) in [5, 5.41) is 13.8. The van der Waals surface area contributed by atoms with E-state index in [0.717, 1.165) is 19.4 Å². The van der Waals surface area contributed by atoms with Crippen LogP contribution < -0.4 is 10.2 Å². The third kappa shape index (κ3) is 4.01. The standard InChI is InChI=1S/C20H30FN3O2/c1-19(18(25)22-2)8-5-11-23(14-19)15-20(26)9-12-24(13-10-20)17-7-4-3-6-16(17)21/h3-4,6-7,26H,5,8-15H2,1-2H3,(H,22,25). The van der Waals surface area contributed by atoms with Gasteiger partial charge >= 0.3 is 0 Å². The van der Waals surface area contributed by atoms with Crippen molar-refractivity contribution in [3.63, 3.8) is 0 Å². The van der Waals surface area contributed by atoms with Crippen molar-refractivity contribution in [2.75, 3.05) is 44.7 Å². The number of carbonyl (C=O) groups excluding carboxylic acids is 1. The number of likely N-dealkylation sites (tertiary alicyclic amines) is 1. The lowest BCUT2D eigenvalue weighted by atomic mass is 9.80. The van der Waals surface area contributed by atoms with Crippen molar-refractivity contribution in [2.45, 2.75) is 38.2 Å². The molecule has 5 nitrogen and oxygen atoms in total. The molecule has 0 saturated carbocycles. The fraction of sp³-hybridized carbons (Fsp3) is 0.650. The third-order valence-electron chi connectivity index (χ3n) is 5.96. The Bertz CT molecular complexity index is 646. The number of nitrogens with zero attached hydrogens (tertiary/aromatic N) is 2. The fourth-order valence-corrected chi connectivity index (χ4v) is 4.41. The van der Waals surface area contributed by atoms with Crippen molar-refractivity contribution in [3.8, 4) is 0 Å². The van der Waals surface area contributed by atoms with E-state index in [1.807, 2.05) is 17.9 Å². The highest BCUT2D eigenvalue weighted by atomic mass is 19.1. The minimum atomic E-state index is -0.775. The largest absolute Gasteiger partial charge is 0.388 e. The van der Waals surface area contributed by atoms with Gasteiger partial charge in [-0.25, -0.2) is 4.39 Å². The summed E-state index contributed by atoms with van der Waals surface area (Å²) in [5.41, 5.74) is -0.556. The van der Waals surface area contributed by atoms with Gasteiger partial charge in [0.15, 0.2) is 0 Å². The van der Waals surface area contributed by atoms with Crippen LogP contribution in [-0.4, -0.2) is 61.3 Å². The molecule has 26 heavy (non-hydrogen) atoms. The number of aliphatic hydroxyl groups is 1. The van der Waals surface area contributed by atoms with Gasteiger partial charge in [-0.05, 0) is 51.3 Å². The molecular formula is C20H30FN3O2. The van der Waals surface area contributed by atoms with Crippen molar-refractivity contribution in [1.29, 1.82) is 0 Å². The van der Waals surface area contributed by atoms with Gasteiger partial charge in [0, 0.05) is 33.2 Å². The average molecular weight is 363 g/mol. The summed E-state index contributed by atoms with van der Waals surface area (Å²) in [6.45, 7) is 5.43. The Kier molecular flexibility index (Phi) is 5.53. The number of halogens is 1. The maximum Gasteiger partial charge on any atom is 0.226 e. The number of hydrogen-bond donors (Lipinski definition) is 2. The van der Waals surface area contributed by atoms with Crippen LogP contribution in [0.4, 0.5) is 10.1 Å². The van der Waals surface area contributed by atoms with E-state index in [9.17, 15) is 14.3 Å². The number of carbonyl (C=O) groups is 1. The molecule has 2 N–H and O–H groups in total. The lowest BCUT2D eigenvalue weighted by molar-refractivity contribution is -0.134. The van der Waals surface area contributed by atoms with Gasteiger partial charge in [-0.15, -0.1) is 0 Å². The second kappa shape index (κ2) is 7.53. The van der Waals surface area contributed by atoms with Gasteiger partial charge in [0.05, 0.1) is 16.7 Å². The lowest BCUT2D eigenvalue weighted by Crippen LogP contribution is -2.56. The molecule has 1 unspecified atom stereocenters. The van der Waals surface area contributed by atoms with E-state index < -0.39 is 11.0 Å². The van der Waals surface area contributed by atoms with Crippen LogP contribution in [0.25, 0.3) is 0 Å². The minimum absolute atomic E-state index is 0.0727. The number of nitrogens with one attached hydrogen (secondary N) is 1. The van der Waals surface area contributed by atoms with E-state index >= 15 is 0 Å². The van der Waals surface area contributed by atoms with Gasteiger partial charge in [-0.1, -0.05) is 12.1 Å². The summed E-state index contributed by atoms with van der Waals surface area (Å²) in [5.74, 6) is -0.140. The molecule has 2 aliphatic heterocycles. The number of para-hydroxylation sites is 1. The summed E-state index contributed by atoms with van der Waals surface area (Å²) in [6, 6.07) is 6.80. The van der Waals surface area contributed by atoms with Crippen molar-refractivity contribution in [1.82, 2.24) is 10.2 Å². The topological polar surface area (TPSA) is 55.8 Å². The quantitative estimate of drug-likeness (QED) is 0.859. The Hall–Kier alpha value is -1.66. The zero-order valence-electron chi connectivity index (χ0n) is 15.8. The normalized spacial score (nSPS) is 26.5. The Morgan fingerprint density at radius 2 is 1.92 bits per heavy atom. The van der Waals surface area contributed by atoms with Gasteiger partial charge in [0.25, 0.3) is 0 Å². The predicted molar refractivity (Wildman–Crippen MR) is 101 cm³/mol. The second-order valence-corrected chi connectivity index (χ2v) is 8.12. The van der Waals surface area contributed by atoms with Crippen molar-refractivity contribution in [2.24, 2.45) is 5.41 Å². The number of anilines is 1. The Morgan fingerprint density at radius 1 is 1.23 bits per heavy atom. The minimum Gasteiger partial charge on any atom is -0.388 e. The number of piperidine rings is 2. The van der Waals surface area contributed by atoms with Gasteiger partial charge in [-0.3, -0.25) is 9.69 Å². The molecule has 144 valence electrons. The predicted octanol–water partition coefficient (Wildman–Crippen LogP) is 2.01. The molecule has 2 saturated heterocycles. The first-order valence-electron chi connectivity index (χ1n) is 9.52. The zero-order chi connectivity index (χ0) is 18.8. The second-order valence-electron chi connectivity index (χ2n) is 8.12. The van der Waals surface area contributed by atoms with E-state index in [-0.39, 0.29) is 11.7 Å². The molecule has 0 aromatic heterocycles. The summed E-state index contributed by atoms with van der Waals surface area (Å²) in [4.78, 5) is 16.4. The molecule has 0 bridgehead atoms. The summed E-state index contributed by atoms with van der Waals surface area (Å²) in [7, 11) is 1.68. The van der Waals surface area contributed by atoms with Crippen LogP contribution in [0.3, 0.4) is 0 Å². The monoisotopic (exact) mass is 363 g/mol.